The zero-order valence-corrected chi connectivity index (χ0v) is 9.73. The maximum atomic E-state index is 5.82. The topological polar surface area (TPSA) is 72.5 Å². The molecule has 1 aromatic carbocycles. The lowest BCUT2D eigenvalue weighted by Crippen LogP contribution is -1.90. The van der Waals surface area contributed by atoms with E-state index in [9.17, 15) is 0 Å². The van der Waals surface area contributed by atoms with Crippen molar-refractivity contribution in [3.8, 4) is 11.1 Å². The van der Waals surface area contributed by atoms with E-state index < -0.39 is 0 Å². The van der Waals surface area contributed by atoms with Gasteiger partial charge in [0.25, 0.3) is 0 Å². The van der Waals surface area contributed by atoms with Crippen molar-refractivity contribution in [3.05, 3.63) is 30.1 Å². The minimum Gasteiger partial charge on any atom is -0.384 e. The Balaban J connectivity index is 2.27. The quantitative estimate of drug-likeness (QED) is 0.666. The summed E-state index contributed by atoms with van der Waals surface area (Å²) >= 11 is 0. The Labute approximate surface area is 98.2 Å². The molecule has 0 unspecified atom stereocenters. The second kappa shape index (κ2) is 3.35. The Kier molecular flexibility index (Phi) is 1.95. The second-order valence-corrected chi connectivity index (χ2v) is 4.14. The van der Waals surface area contributed by atoms with E-state index in [0.29, 0.717) is 5.82 Å². The third kappa shape index (κ3) is 1.39. The van der Waals surface area contributed by atoms with Gasteiger partial charge in [-0.1, -0.05) is 12.1 Å². The molecule has 0 aliphatic rings. The molecule has 2 aromatic heterocycles. The number of fused-ring (bicyclic) bond motifs is 1. The lowest BCUT2D eigenvalue weighted by molar-refractivity contribution is 0.783. The summed E-state index contributed by atoms with van der Waals surface area (Å²) in [6, 6.07) is 6.19. The van der Waals surface area contributed by atoms with Gasteiger partial charge < -0.3 is 5.73 Å². The molecule has 0 saturated heterocycles. The predicted octanol–water partition coefficient (Wildman–Crippen LogP) is 1.85. The molecule has 5 nitrogen and oxygen atoms in total. The third-order valence-corrected chi connectivity index (χ3v) is 3.02. The number of hydrogen-bond acceptors (Lipinski definition) is 3. The standard InChI is InChI=1S/C12H13N5/c1-7-9-4-3-8(5-11(9)17(2)16-7)10-6-14-15-12(10)13/h3-6H,1-2H3,(H3,13,14,15). The molecule has 3 rings (SSSR count). The van der Waals surface area contributed by atoms with Gasteiger partial charge in [0.15, 0.2) is 0 Å². The summed E-state index contributed by atoms with van der Waals surface area (Å²) in [7, 11) is 1.94. The number of nitrogens with two attached hydrogens (primary N) is 1. The summed E-state index contributed by atoms with van der Waals surface area (Å²) in [4.78, 5) is 0. The van der Waals surface area contributed by atoms with Gasteiger partial charge in [-0.25, -0.2) is 0 Å². The molecule has 3 N–H and O–H groups in total. The Hall–Kier alpha value is -2.30. The van der Waals surface area contributed by atoms with E-state index in [4.69, 9.17) is 5.73 Å². The highest BCUT2D eigenvalue weighted by atomic mass is 15.3. The molecular formula is C12H13N5. The van der Waals surface area contributed by atoms with Gasteiger partial charge in [0.1, 0.15) is 5.82 Å². The highest BCUT2D eigenvalue weighted by Crippen LogP contribution is 2.28. The molecule has 3 aromatic rings. The van der Waals surface area contributed by atoms with E-state index in [1.165, 1.54) is 5.39 Å². The van der Waals surface area contributed by atoms with Gasteiger partial charge in [-0.2, -0.15) is 10.2 Å². The van der Waals surface area contributed by atoms with Gasteiger partial charge in [0, 0.05) is 18.0 Å². The number of hydrogen-bond donors (Lipinski definition) is 2. The van der Waals surface area contributed by atoms with E-state index >= 15 is 0 Å². The molecule has 0 fully saturated rings. The van der Waals surface area contributed by atoms with Crippen LogP contribution in [0.25, 0.3) is 22.0 Å². The summed E-state index contributed by atoms with van der Waals surface area (Å²) in [5.41, 5.74) is 9.92. The number of rotatable bonds is 1. The third-order valence-electron chi connectivity index (χ3n) is 3.02. The number of H-pyrrole nitrogens is 1. The molecule has 0 spiro atoms. The van der Waals surface area contributed by atoms with Crippen LogP contribution in [0, 0.1) is 6.92 Å². The molecular weight excluding hydrogens is 214 g/mol. The minimum atomic E-state index is 0.586. The molecule has 86 valence electrons. The maximum absolute atomic E-state index is 5.82. The van der Waals surface area contributed by atoms with Crippen molar-refractivity contribution in [2.45, 2.75) is 6.92 Å². The molecule has 0 aliphatic carbocycles. The number of anilines is 1. The van der Waals surface area contributed by atoms with Crippen LogP contribution in [0.1, 0.15) is 5.69 Å². The fourth-order valence-electron chi connectivity index (χ4n) is 2.13. The average molecular weight is 227 g/mol. The molecule has 0 bridgehead atoms. The molecule has 0 aliphatic heterocycles. The molecule has 0 amide bonds. The van der Waals surface area contributed by atoms with Crippen LogP contribution in [0.3, 0.4) is 0 Å². The summed E-state index contributed by atoms with van der Waals surface area (Å²) in [6.07, 6.45) is 1.74. The van der Waals surface area contributed by atoms with Gasteiger partial charge in [-0.05, 0) is 18.6 Å². The molecule has 0 radical (unpaired) electrons. The number of aromatic nitrogens is 4. The molecule has 0 saturated carbocycles. The molecule has 5 heteroatoms. The van der Waals surface area contributed by atoms with Crippen LogP contribution in [0.2, 0.25) is 0 Å². The smallest absolute Gasteiger partial charge is 0.126 e. The number of nitrogens with zero attached hydrogens (tertiary/aromatic N) is 3. The van der Waals surface area contributed by atoms with Crippen molar-refractivity contribution in [1.29, 1.82) is 0 Å². The predicted molar refractivity (Wildman–Crippen MR) is 67.4 cm³/mol. The van der Waals surface area contributed by atoms with Crippen LogP contribution < -0.4 is 5.73 Å². The molecule has 2 heterocycles. The van der Waals surface area contributed by atoms with Crippen molar-refractivity contribution < 1.29 is 0 Å². The van der Waals surface area contributed by atoms with Gasteiger partial charge in [0.2, 0.25) is 0 Å². The lowest BCUT2D eigenvalue weighted by Gasteiger charge is -2.01. The first-order chi connectivity index (χ1) is 8.16. The van der Waals surface area contributed by atoms with Crippen LogP contribution in [0.15, 0.2) is 24.4 Å². The van der Waals surface area contributed by atoms with E-state index in [0.717, 1.165) is 22.3 Å². The Bertz CT molecular complexity index is 692. The van der Waals surface area contributed by atoms with Gasteiger partial charge in [-0.15, -0.1) is 0 Å². The highest BCUT2D eigenvalue weighted by Gasteiger charge is 2.09. The molecule has 0 atom stereocenters. The van der Waals surface area contributed by atoms with Crippen LogP contribution in [-0.2, 0) is 7.05 Å². The van der Waals surface area contributed by atoms with Gasteiger partial charge in [-0.3, -0.25) is 9.78 Å². The minimum absolute atomic E-state index is 0.586. The van der Waals surface area contributed by atoms with Crippen molar-refractivity contribution >= 4 is 16.7 Å². The monoisotopic (exact) mass is 227 g/mol. The normalized spacial score (nSPS) is 11.2. The SMILES string of the molecule is Cc1nn(C)c2cc(-c3cn[nH]c3N)ccc12. The summed E-state index contributed by atoms with van der Waals surface area (Å²) in [5, 5.41) is 12.2. The number of aryl methyl sites for hydroxylation is 2. The maximum Gasteiger partial charge on any atom is 0.126 e. The zero-order chi connectivity index (χ0) is 12.0. The van der Waals surface area contributed by atoms with E-state index in [2.05, 4.69) is 27.4 Å². The highest BCUT2D eigenvalue weighted by molar-refractivity contribution is 5.88. The number of nitrogens with one attached hydrogen (secondary N) is 1. The summed E-state index contributed by atoms with van der Waals surface area (Å²) < 4.78 is 1.88. The lowest BCUT2D eigenvalue weighted by atomic mass is 10.1. The van der Waals surface area contributed by atoms with Crippen molar-refractivity contribution in [2.24, 2.45) is 7.05 Å². The summed E-state index contributed by atoms with van der Waals surface area (Å²) in [6.45, 7) is 2.01. The van der Waals surface area contributed by atoms with Gasteiger partial charge >= 0.3 is 0 Å². The van der Waals surface area contributed by atoms with E-state index in [1.807, 2.05) is 24.7 Å². The van der Waals surface area contributed by atoms with Crippen LogP contribution >= 0.6 is 0 Å². The van der Waals surface area contributed by atoms with Crippen molar-refractivity contribution in [3.63, 3.8) is 0 Å². The van der Waals surface area contributed by atoms with Crippen LogP contribution in [-0.4, -0.2) is 20.0 Å². The second-order valence-electron chi connectivity index (χ2n) is 4.14. The Morgan fingerprint density at radius 3 is 2.88 bits per heavy atom. The van der Waals surface area contributed by atoms with Crippen LogP contribution in [0.4, 0.5) is 5.82 Å². The van der Waals surface area contributed by atoms with Crippen molar-refractivity contribution in [2.75, 3.05) is 5.73 Å². The van der Waals surface area contributed by atoms with E-state index in [1.54, 1.807) is 6.20 Å². The Morgan fingerprint density at radius 2 is 2.18 bits per heavy atom. The largest absolute Gasteiger partial charge is 0.384 e. The fourth-order valence-corrected chi connectivity index (χ4v) is 2.13. The Morgan fingerprint density at radius 1 is 1.35 bits per heavy atom. The number of benzene rings is 1. The zero-order valence-electron chi connectivity index (χ0n) is 9.73. The first-order valence-corrected chi connectivity index (χ1v) is 5.39. The van der Waals surface area contributed by atoms with Crippen molar-refractivity contribution in [1.82, 2.24) is 20.0 Å². The number of aromatic amines is 1. The first-order valence-electron chi connectivity index (χ1n) is 5.39. The first kappa shape index (κ1) is 9.89. The van der Waals surface area contributed by atoms with Gasteiger partial charge in [0.05, 0.1) is 17.4 Å². The van der Waals surface area contributed by atoms with E-state index in [-0.39, 0.29) is 0 Å². The van der Waals surface area contributed by atoms with Crippen LogP contribution in [0.5, 0.6) is 0 Å². The number of nitrogen functional groups attached to an aromatic ring is 1. The average Bonchev–Trinajstić information content (AvgIpc) is 2.84. The summed E-state index contributed by atoms with van der Waals surface area (Å²) in [5.74, 6) is 0.586. The fraction of sp³-hybridized carbons (Fsp3) is 0.167. The molecule has 17 heavy (non-hydrogen) atoms.